The van der Waals surface area contributed by atoms with E-state index in [9.17, 15) is 34.8 Å². The number of halogens is 6. The molecule has 1 aromatic heterocycles. The van der Waals surface area contributed by atoms with Crippen molar-refractivity contribution in [2.24, 2.45) is 0 Å². The average Bonchev–Trinajstić information content (AvgIpc) is 3.80. The molecule has 0 amide bonds. The third kappa shape index (κ3) is 4.52. The second kappa shape index (κ2) is 10.6. The molecule has 1 aliphatic heterocycles. The zero-order valence-electron chi connectivity index (χ0n) is 28.3. The van der Waals surface area contributed by atoms with E-state index >= 15 is 0 Å². The molecule has 54 heavy (non-hydrogen) atoms. The largest absolute Gasteiger partial charge is 0.455 e. The number of hydrogen-bond donors (Lipinski definition) is 0. The van der Waals surface area contributed by atoms with Crippen LogP contribution in [0, 0.1) is 13.8 Å². The van der Waals surface area contributed by atoms with Gasteiger partial charge in [-0.15, -0.1) is 0 Å². The summed E-state index contributed by atoms with van der Waals surface area (Å²) in [6.45, 7) is 3.18. The van der Waals surface area contributed by atoms with Gasteiger partial charge in [0.05, 0.1) is 20.9 Å². The Labute approximate surface area is 303 Å². The maximum Gasteiger partial charge on any atom is 0.416 e. The van der Waals surface area contributed by atoms with Gasteiger partial charge in [0.15, 0.2) is 0 Å². The third-order valence-electron chi connectivity index (χ3n) is 10.6. The smallest absolute Gasteiger partial charge is 0.416 e. The second-order valence-corrected chi connectivity index (χ2v) is 15.9. The van der Waals surface area contributed by atoms with Gasteiger partial charge in [-0.3, -0.25) is 0 Å². The Kier molecular flexibility index (Phi) is 6.45. The van der Waals surface area contributed by atoms with Crippen molar-refractivity contribution < 1.29 is 39.2 Å². The maximum absolute atomic E-state index is 14.3. The minimum Gasteiger partial charge on any atom is -0.455 e. The first-order valence-corrected chi connectivity index (χ1v) is 18.4. The Bertz CT molecular complexity index is 3160. The highest BCUT2D eigenvalue weighted by molar-refractivity contribution is 8.01. The summed E-state index contributed by atoms with van der Waals surface area (Å²) in [5, 5.41) is 3.05. The predicted octanol–water partition coefficient (Wildman–Crippen LogP) is 10.3. The van der Waals surface area contributed by atoms with Gasteiger partial charge in [0.2, 0.25) is 9.84 Å². The van der Waals surface area contributed by atoms with E-state index in [2.05, 4.69) is 0 Å². The molecule has 10 rings (SSSR count). The van der Waals surface area contributed by atoms with Gasteiger partial charge in [-0.05, 0) is 124 Å². The van der Waals surface area contributed by atoms with Crippen LogP contribution in [0.25, 0.3) is 54.7 Å². The van der Waals surface area contributed by atoms with Gasteiger partial charge < -0.3 is 4.42 Å². The molecule has 0 saturated heterocycles. The number of para-hydroxylation sites is 1. The minimum atomic E-state index is -4.64. The van der Waals surface area contributed by atoms with Crippen molar-refractivity contribution in [2.75, 3.05) is 0 Å². The van der Waals surface area contributed by atoms with Gasteiger partial charge in [0.1, 0.15) is 11.3 Å². The molecule has 3 aliphatic rings. The Balaban J connectivity index is 1.33. The molecule has 7 aromatic rings. The Hall–Kier alpha value is -5.87. The first-order chi connectivity index (χ1) is 25.6. The Morgan fingerprint density at radius 1 is 0.556 bits per heavy atom. The lowest BCUT2D eigenvalue weighted by molar-refractivity contribution is -0.138. The molecule has 3 nitrogen and oxygen atoms in total. The predicted molar refractivity (Wildman–Crippen MR) is 195 cm³/mol. The summed E-state index contributed by atoms with van der Waals surface area (Å²) in [6, 6.07) is 28.6. The molecule has 266 valence electrons. The monoisotopic (exact) mass is 746 g/mol. The van der Waals surface area contributed by atoms with E-state index in [1.165, 1.54) is 6.07 Å². The van der Waals surface area contributed by atoms with Crippen molar-refractivity contribution in [2.45, 2.75) is 31.1 Å². The average molecular weight is 747 g/mol. The normalized spacial score (nSPS) is 15.6. The molecule has 10 heteroatoms. The van der Waals surface area contributed by atoms with Gasteiger partial charge in [-0.25, -0.2) is 8.42 Å². The van der Waals surface area contributed by atoms with Crippen molar-refractivity contribution in [1.82, 2.24) is 0 Å². The molecule has 0 saturated carbocycles. The van der Waals surface area contributed by atoms with Gasteiger partial charge in [0.25, 0.3) is 0 Å². The van der Waals surface area contributed by atoms with E-state index in [1.54, 1.807) is 62.4 Å². The van der Waals surface area contributed by atoms with E-state index in [1.807, 2.05) is 30.3 Å². The molecule has 2 heterocycles. The molecular formula is C44H24F6O3S. The third-order valence-corrected chi connectivity index (χ3v) is 12.5. The highest BCUT2D eigenvalue weighted by atomic mass is 32.2. The summed E-state index contributed by atoms with van der Waals surface area (Å²) in [5.41, 5.74) is 3.58. The van der Waals surface area contributed by atoms with Crippen molar-refractivity contribution in [3.05, 3.63) is 170 Å². The molecule has 0 radical (unpaired) electrons. The lowest BCUT2D eigenvalue weighted by atomic mass is 9.91. The Morgan fingerprint density at radius 2 is 1.11 bits per heavy atom. The maximum atomic E-state index is 14.3. The SMILES string of the molecule is Cc1cc(C2=c3cc4cc5c(cc4cc3C3=C2c2ccccc2S3(=O)=O)=C(c2cc(C)cc(C(F)(F)F)c2)c2c-5oc3ccccc23)cc(C(F)(F)F)c1. The van der Waals surface area contributed by atoms with Crippen LogP contribution in [0.4, 0.5) is 26.3 Å². The van der Waals surface area contributed by atoms with E-state index in [0.29, 0.717) is 88.2 Å². The second-order valence-electron chi connectivity index (χ2n) is 14.1. The first kappa shape index (κ1) is 32.8. The van der Waals surface area contributed by atoms with E-state index in [-0.39, 0.29) is 15.4 Å². The van der Waals surface area contributed by atoms with Crippen molar-refractivity contribution in [3.8, 4) is 11.3 Å². The van der Waals surface area contributed by atoms with Crippen LogP contribution in [0.2, 0.25) is 0 Å². The number of fused-ring (bicyclic) bond motifs is 10. The zero-order chi connectivity index (χ0) is 37.6. The summed E-state index contributed by atoms with van der Waals surface area (Å²) in [5.74, 6) is 0.480. The number of alkyl halides is 6. The molecule has 2 aliphatic carbocycles. The summed E-state index contributed by atoms with van der Waals surface area (Å²) < 4.78 is 120. The number of hydrogen-bond acceptors (Lipinski definition) is 3. The first-order valence-electron chi connectivity index (χ1n) is 17.0. The molecule has 0 spiro atoms. The standard InChI is InChI=1S/C44H24F6O3S/c1-21-11-25(15-27(13-21)43(45,46)47)37-31-17-24-20-34-32(18-23(24)19-33(31)41-39(37)29-7-3-5-9-35(29)53-41)38(26-12-22(2)14-28(16-26)44(48,49)50)40-30-8-4-6-10-36(30)54(51,52)42(34)40/h3-20H,1-2H3. The van der Waals surface area contributed by atoms with Crippen LogP contribution in [-0.2, 0) is 22.2 Å². The molecular weight excluding hydrogens is 723 g/mol. The molecule has 0 fully saturated rings. The lowest BCUT2D eigenvalue weighted by Gasteiger charge is -2.14. The van der Waals surface area contributed by atoms with E-state index in [4.69, 9.17) is 4.42 Å². The fourth-order valence-electron chi connectivity index (χ4n) is 8.48. The van der Waals surface area contributed by atoms with Gasteiger partial charge >= 0.3 is 12.4 Å². The highest BCUT2D eigenvalue weighted by Gasteiger charge is 2.43. The van der Waals surface area contributed by atoms with Gasteiger partial charge in [-0.2, -0.15) is 26.3 Å². The van der Waals surface area contributed by atoms with Crippen LogP contribution < -0.4 is 10.4 Å². The molecule has 0 atom stereocenters. The van der Waals surface area contributed by atoms with Gasteiger partial charge in [0, 0.05) is 38.8 Å². The fraction of sp³-hybridized carbons (Fsp3) is 0.0909. The van der Waals surface area contributed by atoms with Crippen molar-refractivity contribution >= 4 is 53.2 Å². The van der Waals surface area contributed by atoms with Crippen LogP contribution in [0.3, 0.4) is 0 Å². The molecule has 6 aromatic carbocycles. The van der Waals surface area contributed by atoms with Gasteiger partial charge in [-0.1, -0.05) is 48.5 Å². The van der Waals surface area contributed by atoms with Crippen molar-refractivity contribution in [1.29, 1.82) is 0 Å². The topological polar surface area (TPSA) is 47.3 Å². The summed E-state index contributed by atoms with van der Waals surface area (Å²) in [4.78, 5) is 0.0876. The van der Waals surface area contributed by atoms with Crippen LogP contribution in [0.5, 0.6) is 0 Å². The molecule has 0 N–H and O–H groups in total. The number of allylic oxidation sites excluding steroid dienone is 1. The Morgan fingerprint density at radius 3 is 1.76 bits per heavy atom. The minimum absolute atomic E-state index is 0.0155. The number of aryl methyl sites for hydroxylation is 2. The molecule has 0 unspecified atom stereocenters. The fourth-order valence-corrected chi connectivity index (χ4v) is 10.4. The van der Waals surface area contributed by atoms with Crippen LogP contribution in [0.15, 0.2) is 119 Å². The quantitative estimate of drug-likeness (QED) is 0.166. The van der Waals surface area contributed by atoms with Crippen molar-refractivity contribution in [3.63, 3.8) is 0 Å². The lowest BCUT2D eigenvalue weighted by Crippen LogP contribution is -2.14. The van der Waals surface area contributed by atoms with E-state index in [0.717, 1.165) is 29.7 Å². The van der Waals surface area contributed by atoms with E-state index < -0.39 is 33.3 Å². The number of sulfone groups is 1. The summed E-state index contributed by atoms with van der Waals surface area (Å²) in [6.07, 6.45) is -9.23. The highest BCUT2D eigenvalue weighted by Crippen LogP contribution is 2.52. The zero-order valence-corrected chi connectivity index (χ0v) is 29.1. The van der Waals surface area contributed by atoms with Crippen LogP contribution in [0.1, 0.15) is 50.1 Å². The summed E-state index contributed by atoms with van der Waals surface area (Å²) in [7, 11) is -4.09. The summed E-state index contributed by atoms with van der Waals surface area (Å²) >= 11 is 0. The number of furan rings is 1. The molecule has 0 bridgehead atoms. The number of benzene rings is 6. The van der Waals surface area contributed by atoms with Crippen LogP contribution >= 0.6 is 0 Å². The van der Waals surface area contributed by atoms with Crippen LogP contribution in [-0.4, -0.2) is 8.42 Å². The number of rotatable bonds is 2.